The summed E-state index contributed by atoms with van der Waals surface area (Å²) in [5, 5.41) is 2.80. The molecule has 0 spiro atoms. The molecule has 5 nitrogen and oxygen atoms in total. The second kappa shape index (κ2) is 5.53. The number of hydrogen-bond acceptors (Lipinski definition) is 4. The molecule has 0 radical (unpaired) electrons. The first-order valence-electron chi connectivity index (χ1n) is 8.19. The van der Waals surface area contributed by atoms with Crippen LogP contribution in [-0.4, -0.2) is 41.1 Å². The van der Waals surface area contributed by atoms with Gasteiger partial charge in [-0.2, -0.15) is 0 Å². The van der Waals surface area contributed by atoms with Crippen molar-refractivity contribution in [3.63, 3.8) is 0 Å². The third-order valence-electron chi connectivity index (χ3n) is 5.36. The van der Waals surface area contributed by atoms with E-state index in [1.54, 1.807) is 0 Å². The lowest BCUT2D eigenvalue weighted by Crippen LogP contribution is -2.33. The Morgan fingerprint density at radius 1 is 1.35 bits per heavy atom. The van der Waals surface area contributed by atoms with Crippen LogP contribution in [0.3, 0.4) is 0 Å². The van der Waals surface area contributed by atoms with Gasteiger partial charge in [-0.05, 0) is 49.8 Å². The van der Waals surface area contributed by atoms with Crippen molar-refractivity contribution in [1.29, 1.82) is 0 Å². The van der Waals surface area contributed by atoms with Crippen molar-refractivity contribution >= 4 is 29.3 Å². The number of anilines is 1. The van der Waals surface area contributed by atoms with Crippen LogP contribution in [0, 0.1) is 11.8 Å². The van der Waals surface area contributed by atoms with Gasteiger partial charge in [0.2, 0.25) is 5.91 Å². The summed E-state index contributed by atoms with van der Waals surface area (Å²) in [6.07, 6.45) is 2.21. The van der Waals surface area contributed by atoms with Gasteiger partial charge in [-0.15, -0.1) is 11.8 Å². The zero-order valence-electron chi connectivity index (χ0n) is 13.1. The first kappa shape index (κ1) is 15.0. The van der Waals surface area contributed by atoms with E-state index in [9.17, 15) is 9.59 Å². The van der Waals surface area contributed by atoms with Crippen LogP contribution < -0.4 is 11.1 Å². The van der Waals surface area contributed by atoms with Gasteiger partial charge in [0.15, 0.2) is 0 Å². The summed E-state index contributed by atoms with van der Waals surface area (Å²) in [5.74, 6) is 1.05. The van der Waals surface area contributed by atoms with E-state index in [1.165, 1.54) is 11.8 Å². The van der Waals surface area contributed by atoms with Gasteiger partial charge in [0, 0.05) is 29.6 Å². The molecule has 3 N–H and O–H groups in total. The number of likely N-dealkylation sites (tertiary alicyclic amines) is 1. The fraction of sp³-hybridized carbons (Fsp3) is 0.529. The Morgan fingerprint density at radius 2 is 2.17 bits per heavy atom. The number of fused-ring (bicyclic) bond motifs is 2. The molecule has 1 aliphatic carbocycles. The minimum atomic E-state index is -0.0940. The second-order valence-electron chi connectivity index (χ2n) is 6.84. The second-order valence-corrected chi connectivity index (χ2v) is 8.22. The van der Waals surface area contributed by atoms with Crippen molar-refractivity contribution in [1.82, 2.24) is 4.90 Å². The summed E-state index contributed by atoms with van der Waals surface area (Å²) in [5.41, 5.74) is 7.55. The smallest absolute Gasteiger partial charge is 0.253 e. The van der Waals surface area contributed by atoms with E-state index in [-0.39, 0.29) is 23.1 Å². The van der Waals surface area contributed by atoms with Crippen molar-refractivity contribution in [3.05, 3.63) is 23.8 Å². The van der Waals surface area contributed by atoms with Gasteiger partial charge in [-0.25, -0.2) is 0 Å². The maximum Gasteiger partial charge on any atom is 0.253 e. The monoisotopic (exact) mass is 331 g/mol. The lowest BCUT2D eigenvalue weighted by Gasteiger charge is -2.23. The predicted molar refractivity (Wildman–Crippen MR) is 90.5 cm³/mol. The standard InChI is InChI=1S/C17H21N3O2S/c1-9-16(21)19-14-6-10(3-5-15(14)23-9)17(22)20-7-11-2-4-13(18)12(11)8-20/h3,5-6,9,11-13H,2,4,7-8,18H2,1H3,(H,19,21). The van der Waals surface area contributed by atoms with E-state index in [1.807, 2.05) is 30.0 Å². The van der Waals surface area contributed by atoms with Crippen molar-refractivity contribution < 1.29 is 9.59 Å². The number of nitrogens with two attached hydrogens (primary N) is 1. The van der Waals surface area contributed by atoms with E-state index in [4.69, 9.17) is 5.73 Å². The zero-order chi connectivity index (χ0) is 16.1. The van der Waals surface area contributed by atoms with Crippen molar-refractivity contribution in [2.45, 2.75) is 36.0 Å². The van der Waals surface area contributed by atoms with Crippen LogP contribution in [-0.2, 0) is 4.79 Å². The normalized spacial score (nSPS) is 32.4. The Balaban J connectivity index is 1.54. The molecule has 3 aliphatic rings. The van der Waals surface area contributed by atoms with Gasteiger partial charge >= 0.3 is 0 Å². The topological polar surface area (TPSA) is 75.4 Å². The lowest BCUT2D eigenvalue weighted by molar-refractivity contribution is -0.115. The Kier molecular flexibility index (Phi) is 3.61. The summed E-state index contributed by atoms with van der Waals surface area (Å²) >= 11 is 1.53. The molecule has 122 valence electrons. The largest absolute Gasteiger partial charge is 0.338 e. The van der Waals surface area contributed by atoms with E-state index < -0.39 is 0 Å². The van der Waals surface area contributed by atoms with E-state index in [0.717, 1.165) is 36.5 Å². The van der Waals surface area contributed by atoms with Crippen LogP contribution in [0.5, 0.6) is 0 Å². The molecular formula is C17H21N3O2S. The SMILES string of the molecule is CC1Sc2ccc(C(=O)N3CC4CCC(N)C4C3)cc2NC1=O. The highest BCUT2D eigenvalue weighted by molar-refractivity contribution is 8.00. The van der Waals surface area contributed by atoms with Gasteiger partial charge in [-0.3, -0.25) is 9.59 Å². The summed E-state index contributed by atoms with van der Waals surface area (Å²) in [4.78, 5) is 27.6. The lowest BCUT2D eigenvalue weighted by atomic mass is 9.98. The van der Waals surface area contributed by atoms with E-state index >= 15 is 0 Å². The number of amides is 2. The molecule has 0 bridgehead atoms. The highest BCUT2D eigenvalue weighted by Crippen LogP contribution is 2.39. The average molecular weight is 331 g/mol. The van der Waals surface area contributed by atoms with Gasteiger partial charge in [0.05, 0.1) is 10.9 Å². The van der Waals surface area contributed by atoms with Gasteiger partial charge in [-0.1, -0.05) is 0 Å². The number of nitrogens with zero attached hydrogens (tertiary/aromatic N) is 1. The molecule has 0 aromatic heterocycles. The molecule has 1 aromatic rings. The number of carbonyl (C=O) groups excluding carboxylic acids is 2. The van der Waals surface area contributed by atoms with Crippen LogP contribution in [0.25, 0.3) is 0 Å². The van der Waals surface area contributed by atoms with Crippen molar-refractivity contribution in [2.24, 2.45) is 17.6 Å². The zero-order valence-corrected chi connectivity index (χ0v) is 13.9. The molecule has 1 saturated heterocycles. The van der Waals surface area contributed by atoms with Crippen LogP contribution >= 0.6 is 11.8 Å². The molecular weight excluding hydrogens is 310 g/mol. The first-order valence-corrected chi connectivity index (χ1v) is 9.07. The molecule has 2 heterocycles. The Hall–Kier alpha value is -1.53. The van der Waals surface area contributed by atoms with Crippen molar-refractivity contribution in [3.8, 4) is 0 Å². The Labute approximate surface area is 140 Å². The van der Waals surface area contributed by atoms with Gasteiger partial charge in [0.25, 0.3) is 5.91 Å². The summed E-state index contributed by atoms with van der Waals surface area (Å²) in [6, 6.07) is 5.85. The third kappa shape index (κ3) is 2.54. The van der Waals surface area contributed by atoms with Crippen molar-refractivity contribution in [2.75, 3.05) is 18.4 Å². The molecule has 4 atom stereocenters. The summed E-state index contributed by atoms with van der Waals surface area (Å²) in [7, 11) is 0. The fourth-order valence-electron chi connectivity index (χ4n) is 4.00. The highest BCUT2D eigenvalue weighted by Gasteiger charge is 2.42. The number of benzene rings is 1. The number of carbonyl (C=O) groups is 2. The molecule has 4 unspecified atom stereocenters. The molecule has 2 fully saturated rings. The molecule has 6 heteroatoms. The molecule has 1 aromatic carbocycles. The van der Waals surface area contributed by atoms with Gasteiger partial charge < -0.3 is 16.0 Å². The minimum absolute atomic E-state index is 0.00576. The number of rotatable bonds is 1. The number of nitrogens with one attached hydrogen (secondary N) is 1. The Morgan fingerprint density at radius 3 is 2.96 bits per heavy atom. The number of thioether (sulfide) groups is 1. The van der Waals surface area contributed by atoms with Crippen LogP contribution in [0.2, 0.25) is 0 Å². The Bertz CT molecular complexity index is 678. The number of hydrogen-bond donors (Lipinski definition) is 2. The van der Waals surface area contributed by atoms with E-state index in [0.29, 0.717) is 17.4 Å². The van der Waals surface area contributed by atoms with Crippen LogP contribution in [0.15, 0.2) is 23.1 Å². The quantitative estimate of drug-likeness (QED) is 0.824. The van der Waals surface area contributed by atoms with Crippen LogP contribution in [0.1, 0.15) is 30.1 Å². The van der Waals surface area contributed by atoms with Crippen LogP contribution in [0.4, 0.5) is 5.69 Å². The van der Waals surface area contributed by atoms with Gasteiger partial charge in [0.1, 0.15) is 0 Å². The predicted octanol–water partition coefficient (Wildman–Crippen LogP) is 1.93. The average Bonchev–Trinajstić information content (AvgIpc) is 3.10. The molecule has 23 heavy (non-hydrogen) atoms. The fourth-order valence-corrected chi connectivity index (χ4v) is 4.93. The maximum atomic E-state index is 12.8. The first-order chi connectivity index (χ1) is 11.0. The molecule has 2 aliphatic heterocycles. The molecule has 1 saturated carbocycles. The molecule has 4 rings (SSSR count). The molecule has 2 amide bonds. The minimum Gasteiger partial charge on any atom is -0.338 e. The maximum absolute atomic E-state index is 12.8. The van der Waals surface area contributed by atoms with E-state index in [2.05, 4.69) is 5.32 Å². The third-order valence-corrected chi connectivity index (χ3v) is 6.53. The summed E-state index contributed by atoms with van der Waals surface area (Å²) < 4.78 is 0. The highest BCUT2D eigenvalue weighted by atomic mass is 32.2. The summed E-state index contributed by atoms with van der Waals surface area (Å²) in [6.45, 7) is 3.46.